The van der Waals surface area contributed by atoms with Crippen LogP contribution in [0.25, 0.3) is 0 Å². The number of para-hydroxylation sites is 1. The van der Waals surface area contributed by atoms with Gasteiger partial charge in [-0.3, -0.25) is 0 Å². The average Bonchev–Trinajstić information content (AvgIpc) is 3.20. The van der Waals surface area contributed by atoms with Crippen molar-refractivity contribution in [3.63, 3.8) is 0 Å². The van der Waals surface area contributed by atoms with E-state index in [0.717, 1.165) is 24.2 Å². The summed E-state index contributed by atoms with van der Waals surface area (Å²) in [6.45, 7) is 0.356. The van der Waals surface area contributed by atoms with Crippen molar-refractivity contribution in [1.82, 2.24) is 8.61 Å². The molecule has 0 radical (unpaired) electrons. The summed E-state index contributed by atoms with van der Waals surface area (Å²) in [5.41, 5.74) is 0.891. The van der Waals surface area contributed by atoms with Crippen LogP contribution >= 0.6 is 0 Å². The van der Waals surface area contributed by atoms with Crippen LogP contribution in [0.3, 0.4) is 0 Å². The van der Waals surface area contributed by atoms with E-state index in [9.17, 15) is 8.42 Å². The topological polar surface area (TPSA) is 49.9 Å². The Balaban J connectivity index is 2.27. The molecule has 0 bridgehead atoms. The van der Waals surface area contributed by atoms with E-state index in [2.05, 4.69) is 0 Å². The third-order valence-corrected chi connectivity index (χ3v) is 5.17. The van der Waals surface area contributed by atoms with Gasteiger partial charge in [-0.2, -0.15) is 17.0 Å². The Kier molecular flexibility index (Phi) is 4.13. The molecule has 19 heavy (non-hydrogen) atoms. The van der Waals surface area contributed by atoms with Crippen LogP contribution in [0.4, 0.5) is 0 Å². The zero-order valence-corrected chi connectivity index (χ0v) is 12.4. The molecule has 0 unspecified atom stereocenters. The van der Waals surface area contributed by atoms with Gasteiger partial charge in [-0.1, -0.05) is 18.2 Å². The molecule has 0 spiro atoms. The van der Waals surface area contributed by atoms with E-state index in [4.69, 9.17) is 4.74 Å². The molecule has 0 atom stereocenters. The first-order valence-corrected chi connectivity index (χ1v) is 7.67. The molecule has 5 nitrogen and oxygen atoms in total. The Morgan fingerprint density at radius 3 is 2.42 bits per heavy atom. The zero-order chi connectivity index (χ0) is 14.0. The lowest BCUT2D eigenvalue weighted by molar-refractivity contribution is 0.351. The predicted octanol–water partition coefficient (Wildman–Crippen LogP) is 1.47. The maximum Gasteiger partial charge on any atom is 0.282 e. The van der Waals surface area contributed by atoms with Crippen LogP contribution in [0.2, 0.25) is 0 Å². The van der Waals surface area contributed by atoms with Gasteiger partial charge in [0.05, 0.1) is 7.11 Å². The maximum atomic E-state index is 12.3. The van der Waals surface area contributed by atoms with E-state index in [-0.39, 0.29) is 6.04 Å². The highest BCUT2D eigenvalue weighted by Gasteiger charge is 2.38. The Morgan fingerprint density at radius 1 is 1.26 bits per heavy atom. The normalized spacial score (nSPS) is 16.1. The standard InChI is InChI=1S/C13H20N2O3S/c1-14(2)19(16,17)15(12-8-9-12)10-11-6-4-5-7-13(11)18-3/h4-7,12H,8-10H2,1-3H3. The first-order valence-electron chi connectivity index (χ1n) is 6.28. The van der Waals surface area contributed by atoms with Gasteiger partial charge in [0.15, 0.2) is 0 Å². The van der Waals surface area contributed by atoms with E-state index >= 15 is 0 Å². The molecule has 0 amide bonds. The Bertz CT molecular complexity index is 539. The summed E-state index contributed by atoms with van der Waals surface area (Å²) in [6.07, 6.45) is 1.87. The summed E-state index contributed by atoms with van der Waals surface area (Å²) >= 11 is 0. The number of hydrogen-bond acceptors (Lipinski definition) is 3. The van der Waals surface area contributed by atoms with Gasteiger partial charge in [0, 0.05) is 32.2 Å². The monoisotopic (exact) mass is 284 g/mol. The fourth-order valence-electron chi connectivity index (χ4n) is 1.97. The highest BCUT2D eigenvalue weighted by Crippen LogP contribution is 2.33. The lowest BCUT2D eigenvalue weighted by atomic mass is 10.2. The maximum absolute atomic E-state index is 12.3. The molecular formula is C13H20N2O3S. The molecule has 1 fully saturated rings. The number of methoxy groups -OCH3 is 1. The molecule has 106 valence electrons. The summed E-state index contributed by atoms with van der Waals surface area (Å²) in [5.74, 6) is 0.724. The first kappa shape index (κ1) is 14.3. The minimum absolute atomic E-state index is 0.123. The van der Waals surface area contributed by atoms with E-state index in [1.807, 2.05) is 24.3 Å². The third kappa shape index (κ3) is 3.08. The summed E-state index contributed by atoms with van der Waals surface area (Å²) in [6, 6.07) is 7.65. The molecule has 0 N–H and O–H groups in total. The van der Waals surface area contributed by atoms with Crippen LogP contribution in [-0.2, 0) is 16.8 Å². The van der Waals surface area contributed by atoms with Crippen molar-refractivity contribution < 1.29 is 13.2 Å². The second-order valence-electron chi connectivity index (χ2n) is 4.88. The lowest BCUT2D eigenvalue weighted by Crippen LogP contribution is -2.41. The smallest absolute Gasteiger partial charge is 0.282 e. The second kappa shape index (κ2) is 5.48. The molecule has 0 saturated heterocycles. The fourth-order valence-corrected chi connectivity index (χ4v) is 3.28. The van der Waals surface area contributed by atoms with Crippen LogP contribution < -0.4 is 4.74 Å². The molecule has 0 heterocycles. The largest absolute Gasteiger partial charge is 0.496 e. The number of nitrogens with zero attached hydrogens (tertiary/aromatic N) is 2. The van der Waals surface area contributed by atoms with Gasteiger partial charge in [-0.25, -0.2) is 0 Å². The number of benzene rings is 1. The van der Waals surface area contributed by atoms with E-state index < -0.39 is 10.2 Å². The minimum Gasteiger partial charge on any atom is -0.496 e. The zero-order valence-electron chi connectivity index (χ0n) is 11.5. The summed E-state index contributed by atoms with van der Waals surface area (Å²) in [5, 5.41) is 0. The highest BCUT2D eigenvalue weighted by atomic mass is 32.2. The van der Waals surface area contributed by atoms with E-state index in [1.54, 1.807) is 25.5 Å². The fraction of sp³-hybridized carbons (Fsp3) is 0.538. The van der Waals surface area contributed by atoms with Gasteiger partial charge in [-0.15, -0.1) is 0 Å². The SMILES string of the molecule is COc1ccccc1CN(C1CC1)S(=O)(=O)N(C)C. The Labute approximate surface area is 115 Å². The lowest BCUT2D eigenvalue weighted by Gasteiger charge is -2.26. The second-order valence-corrected chi connectivity index (χ2v) is 6.97. The van der Waals surface area contributed by atoms with E-state index in [0.29, 0.717) is 6.54 Å². The Hall–Kier alpha value is -1.11. The molecule has 0 aromatic heterocycles. The van der Waals surface area contributed by atoms with Gasteiger partial charge in [0.2, 0.25) is 0 Å². The quantitative estimate of drug-likeness (QED) is 0.795. The molecular weight excluding hydrogens is 264 g/mol. The van der Waals surface area contributed by atoms with Crippen molar-refractivity contribution in [2.24, 2.45) is 0 Å². The summed E-state index contributed by atoms with van der Waals surface area (Å²) in [4.78, 5) is 0. The van der Waals surface area contributed by atoms with Crippen LogP contribution in [-0.4, -0.2) is 44.3 Å². The van der Waals surface area contributed by atoms with Gasteiger partial charge in [0.25, 0.3) is 10.2 Å². The molecule has 1 aliphatic rings. The van der Waals surface area contributed by atoms with Crippen LogP contribution in [0.1, 0.15) is 18.4 Å². The molecule has 1 aliphatic carbocycles. The summed E-state index contributed by atoms with van der Waals surface area (Å²) in [7, 11) is 1.34. The van der Waals surface area contributed by atoms with Gasteiger partial charge in [-0.05, 0) is 18.9 Å². The van der Waals surface area contributed by atoms with Gasteiger partial charge >= 0.3 is 0 Å². The number of hydrogen-bond donors (Lipinski definition) is 0. The number of rotatable bonds is 6. The first-order chi connectivity index (χ1) is 8.96. The van der Waals surface area contributed by atoms with Crippen molar-refractivity contribution in [2.45, 2.75) is 25.4 Å². The van der Waals surface area contributed by atoms with Crippen molar-refractivity contribution >= 4 is 10.2 Å². The molecule has 6 heteroatoms. The van der Waals surface area contributed by atoms with Crippen molar-refractivity contribution in [2.75, 3.05) is 21.2 Å². The molecule has 2 rings (SSSR count). The molecule has 1 aromatic rings. The van der Waals surface area contributed by atoms with Crippen molar-refractivity contribution in [1.29, 1.82) is 0 Å². The van der Waals surface area contributed by atoms with Crippen LogP contribution in [0.5, 0.6) is 5.75 Å². The minimum atomic E-state index is -3.39. The van der Waals surface area contributed by atoms with Crippen molar-refractivity contribution in [3.05, 3.63) is 29.8 Å². The average molecular weight is 284 g/mol. The van der Waals surface area contributed by atoms with Crippen molar-refractivity contribution in [3.8, 4) is 5.75 Å². The van der Waals surface area contributed by atoms with E-state index in [1.165, 1.54) is 4.31 Å². The molecule has 0 aliphatic heterocycles. The highest BCUT2D eigenvalue weighted by molar-refractivity contribution is 7.86. The molecule has 1 aromatic carbocycles. The van der Waals surface area contributed by atoms with Gasteiger partial charge < -0.3 is 4.74 Å². The van der Waals surface area contributed by atoms with Crippen LogP contribution in [0, 0.1) is 0 Å². The summed E-state index contributed by atoms with van der Waals surface area (Å²) < 4.78 is 32.8. The van der Waals surface area contributed by atoms with Gasteiger partial charge in [0.1, 0.15) is 5.75 Å². The Morgan fingerprint density at radius 2 is 1.89 bits per heavy atom. The number of ether oxygens (including phenoxy) is 1. The third-order valence-electron chi connectivity index (χ3n) is 3.23. The predicted molar refractivity (Wildman–Crippen MR) is 74.2 cm³/mol. The van der Waals surface area contributed by atoms with Crippen LogP contribution in [0.15, 0.2) is 24.3 Å². The molecule has 1 saturated carbocycles.